The summed E-state index contributed by atoms with van der Waals surface area (Å²) in [7, 11) is 1.53. The van der Waals surface area contributed by atoms with Gasteiger partial charge in [-0.15, -0.1) is 0 Å². The number of carbonyl (C=O) groups is 1. The van der Waals surface area contributed by atoms with Crippen molar-refractivity contribution in [1.82, 2.24) is 10.2 Å². The van der Waals surface area contributed by atoms with E-state index >= 15 is 0 Å². The quantitative estimate of drug-likeness (QED) is 0.924. The van der Waals surface area contributed by atoms with Crippen molar-refractivity contribution in [1.29, 1.82) is 0 Å². The Labute approximate surface area is 144 Å². The number of hydrogen-bond donors (Lipinski definition) is 1. The number of fused-ring (bicyclic) bond motifs is 1. The van der Waals surface area contributed by atoms with Crippen LogP contribution in [0, 0.1) is 11.6 Å². The van der Waals surface area contributed by atoms with Crippen LogP contribution in [0.4, 0.5) is 13.6 Å². The van der Waals surface area contributed by atoms with Crippen molar-refractivity contribution in [2.75, 3.05) is 20.2 Å². The molecule has 2 aromatic rings. The van der Waals surface area contributed by atoms with Gasteiger partial charge in [-0.05, 0) is 18.2 Å². The zero-order valence-electron chi connectivity index (χ0n) is 13.7. The summed E-state index contributed by atoms with van der Waals surface area (Å²) in [5.74, 6) is -0.0212. The standard InChI is InChI=1S/C18H18F2N2O3/c1-22(10-12-6-7-13(19)8-15(12)20)18(23)21-9-14-11-24-16-4-2-3-5-17(16)25-14/h2-8,14H,9-11H2,1H3,(H,21,23). The van der Waals surface area contributed by atoms with Crippen LogP contribution < -0.4 is 14.8 Å². The van der Waals surface area contributed by atoms with E-state index < -0.39 is 11.6 Å². The minimum atomic E-state index is -0.680. The summed E-state index contributed by atoms with van der Waals surface area (Å²) in [6.45, 7) is 0.611. The summed E-state index contributed by atoms with van der Waals surface area (Å²) in [5, 5.41) is 2.72. The van der Waals surface area contributed by atoms with E-state index in [1.807, 2.05) is 18.2 Å². The highest BCUT2D eigenvalue weighted by Gasteiger charge is 2.22. The van der Waals surface area contributed by atoms with Crippen LogP contribution in [0.5, 0.6) is 11.5 Å². The largest absolute Gasteiger partial charge is 0.486 e. The lowest BCUT2D eigenvalue weighted by atomic mass is 10.2. The van der Waals surface area contributed by atoms with E-state index in [1.54, 1.807) is 6.07 Å². The number of halogens is 2. The lowest BCUT2D eigenvalue weighted by molar-refractivity contribution is 0.0904. The molecule has 0 saturated heterocycles. The summed E-state index contributed by atoms with van der Waals surface area (Å²) >= 11 is 0. The molecule has 0 bridgehead atoms. The molecule has 1 unspecified atom stereocenters. The fraction of sp³-hybridized carbons (Fsp3) is 0.278. The molecule has 0 saturated carbocycles. The number of nitrogens with one attached hydrogen (secondary N) is 1. The average Bonchev–Trinajstić information content (AvgIpc) is 2.61. The molecule has 1 aliphatic heterocycles. The van der Waals surface area contributed by atoms with Gasteiger partial charge in [-0.2, -0.15) is 0 Å². The summed E-state index contributed by atoms with van der Waals surface area (Å²) < 4.78 is 37.9. The molecule has 0 aromatic heterocycles. The predicted molar refractivity (Wildman–Crippen MR) is 87.6 cm³/mol. The average molecular weight is 348 g/mol. The summed E-state index contributed by atoms with van der Waals surface area (Å²) in [6, 6.07) is 10.2. The Morgan fingerprint density at radius 3 is 2.76 bits per heavy atom. The molecule has 132 valence electrons. The van der Waals surface area contributed by atoms with Gasteiger partial charge in [-0.3, -0.25) is 0 Å². The third kappa shape index (κ3) is 4.17. The molecule has 0 spiro atoms. The van der Waals surface area contributed by atoms with Crippen LogP contribution in [-0.2, 0) is 6.54 Å². The van der Waals surface area contributed by atoms with Crippen molar-refractivity contribution in [3.63, 3.8) is 0 Å². The monoisotopic (exact) mass is 348 g/mol. The Bertz CT molecular complexity index is 770. The van der Waals surface area contributed by atoms with Gasteiger partial charge in [0.05, 0.1) is 6.54 Å². The predicted octanol–water partition coefficient (Wildman–Crippen LogP) is 2.95. The number of amides is 2. The van der Waals surface area contributed by atoms with Crippen molar-refractivity contribution >= 4 is 6.03 Å². The first-order valence-corrected chi connectivity index (χ1v) is 7.84. The van der Waals surface area contributed by atoms with Gasteiger partial charge in [0.25, 0.3) is 0 Å². The second-order valence-electron chi connectivity index (χ2n) is 5.78. The number of rotatable bonds is 4. The molecule has 1 heterocycles. The van der Waals surface area contributed by atoms with Crippen LogP contribution in [-0.4, -0.2) is 37.2 Å². The van der Waals surface area contributed by atoms with Crippen LogP contribution in [0.15, 0.2) is 42.5 Å². The molecule has 2 amide bonds. The SMILES string of the molecule is CN(Cc1ccc(F)cc1F)C(=O)NCC1COc2ccccc2O1. The molecule has 0 fully saturated rings. The third-order valence-electron chi connectivity index (χ3n) is 3.82. The van der Waals surface area contributed by atoms with Crippen LogP contribution in [0.3, 0.4) is 0 Å². The van der Waals surface area contributed by atoms with Gasteiger partial charge in [-0.1, -0.05) is 18.2 Å². The van der Waals surface area contributed by atoms with E-state index in [0.717, 1.165) is 12.1 Å². The first kappa shape index (κ1) is 17.0. The first-order valence-electron chi connectivity index (χ1n) is 7.84. The lowest BCUT2D eigenvalue weighted by Gasteiger charge is -2.27. The molecule has 3 rings (SSSR count). The van der Waals surface area contributed by atoms with E-state index in [9.17, 15) is 13.6 Å². The second kappa shape index (κ2) is 7.38. The fourth-order valence-corrected chi connectivity index (χ4v) is 2.48. The summed E-state index contributed by atoms with van der Waals surface area (Å²) in [5.41, 5.74) is 0.241. The number of nitrogens with zero attached hydrogens (tertiary/aromatic N) is 1. The molecule has 1 atom stereocenters. The zero-order valence-corrected chi connectivity index (χ0v) is 13.7. The minimum Gasteiger partial charge on any atom is -0.486 e. The number of carbonyl (C=O) groups excluding carboxylic acids is 1. The normalized spacial score (nSPS) is 15.6. The highest BCUT2D eigenvalue weighted by molar-refractivity contribution is 5.73. The van der Waals surface area contributed by atoms with Gasteiger partial charge in [0, 0.05) is 25.2 Å². The van der Waals surface area contributed by atoms with Gasteiger partial charge >= 0.3 is 6.03 Å². The molecular formula is C18H18F2N2O3. The molecule has 0 radical (unpaired) electrons. The Kier molecular flexibility index (Phi) is 5.02. The lowest BCUT2D eigenvalue weighted by Crippen LogP contribution is -2.44. The number of hydrogen-bond acceptors (Lipinski definition) is 3. The van der Waals surface area contributed by atoms with Crippen molar-refractivity contribution in [2.45, 2.75) is 12.6 Å². The van der Waals surface area contributed by atoms with Gasteiger partial charge < -0.3 is 19.7 Å². The zero-order chi connectivity index (χ0) is 17.8. The van der Waals surface area contributed by atoms with E-state index in [4.69, 9.17) is 9.47 Å². The molecule has 2 aromatic carbocycles. The van der Waals surface area contributed by atoms with E-state index in [0.29, 0.717) is 18.1 Å². The van der Waals surface area contributed by atoms with E-state index in [2.05, 4.69) is 5.32 Å². The first-order chi connectivity index (χ1) is 12.0. The van der Waals surface area contributed by atoms with Crippen molar-refractivity contribution in [2.24, 2.45) is 0 Å². The van der Waals surface area contributed by atoms with Crippen LogP contribution in [0.25, 0.3) is 0 Å². The summed E-state index contributed by atoms with van der Waals surface area (Å²) in [4.78, 5) is 13.4. The topological polar surface area (TPSA) is 50.8 Å². The highest BCUT2D eigenvalue weighted by atomic mass is 19.1. The highest BCUT2D eigenvalue weighted by Crippen LogP contribution is 2.30. The summed E-state index contributed by atoms with van der Waals surface area (Å²) in [6.07, 6.45) is -0.310. The van der Waals surface area contributed by atoms with Crippen LogP contribution in [0.1, 0.15) is 5.56 Å². The maximum atomic E-state index is 13.7. The second-order valence-corrected chi connectivity index (χ2v) is 5.78. The van der Waals surface area contributed by atoms with Crippen molar-refractivity contribution in [3.05, 3.63) is 59.7 Å². The fourth-order valence-electron chi connectivity index (χ4n) is 2.48. The molecular weight excluding hydrogens is 330 g/mol. The van der Waals surface area contributed by atoms with Crippen molar-refractivity contribution in [3.8, 4) is 11.5 Å². The van der Waals surface area contributed by atoms with E-state index in [-0.39, 0.29) is 30.8 Å². The molecule has 0 aliphatic carbocycles. The Morgan fingerprint density at radius 1 is 1.24 bits per heavy atom. The van der Waals surface area contributed by atoms with Gasteiger partial charge in [0.2, 0.25) is 0 Å². The smallest absolute Gasteiger partial charge is 0.317 e. The number of urea groups is 1. The number of ether oxygens (including phenoxy) is 2. The molecule has 1 N–H and O–H groups in total. The Morgan fingerprint density at radius 2 is 2.00 bits per heavy atom. The Balaban J connectivity index is 1.51. The minimum absolute atomic E-state index is 0.0306. The van der Waals surface area contributed by atoms with Crippen LogP contribution in [0.2, 0.25) is 0 Å². The molecule has 1 aliphatic rings. The molecule has 25 heavy (non-hydrogen) atoms. The van der Waals surface area contributed by atoms with E-state index in [1.165, 1.54) is 18.0 Å². The van der Waals surface area contributed by atoms with Gasteiger partial charge in [-0.25, -0.2) is 13.6 Å². The maximum Gasteiger partial charge on any atom is 0.317 e. The molecule has 5 nitrogen and oxygen atoms in total. The molecule has 7 heteroatoms. The van der Waals surface area contributed by atoms with Crippen LogP contribution >= 0.6 is 0 Å². The number of benzene rings is 2. The third-order valence-corrected chi connectivity index (χ3v) is 3.82. The maximum absolute atomic E-state index is 13.7. The number of para-hydroxylation sites is 2. The Hall–Kier alpha value is -2.83. The van der Waals surface area contributed by atoms with Gasteiger partial charge in [0.1, 0.15) is 18.2 Å². The van der Waals surface area contributed by atoms with Gasteiger partial charge in [0.15, 0.2) is 17.6 Å². The van der Waals surface area contributed by atoms with Crippen molar-refractivity contribution < 1.29 is 23.0 Å².